The molecule has 32 heavy (non-hydrogen) atoms. The summed E-state index contributed by atoms with van der Waals surface area (Å²) in [6, 6.07) is 9.62. The molecule has 0 bridgehead atoms. The molecule has 2 amide bonds. The van der Waals surface area contributed by atoms with Crippen molar-refractivity contribution >= 4 is 22.8 Å². The van der Waals surface area contributed by atoms with Gasteiger partial charge in [-0.15, -0.1) is 0 Å². The summed E-state index contributed by atoms with van der Waals surface area (Å²) in [5.74, 6) is 1.46. The van der Waals surface area contributed by atoms with Gasteiger partial charge in [-0.2, -0.15) is 0 Å². The van der Waals surface area contributed by atoms with E-state index < -0.39 is 0 Å². The SMILES string of the molecule is Cc1ccc(C(=O)N2CCC(C(=O)N3CCCC(c4nc5ccncc5[nH]4)C3)CC2)cc1. The van der Waals surface area contributed by atoms with Crippen LogP contribution in [0.1, 0.15) is 53.3 Å². The zero-order chi connectivity index (χ0) is 22.1. The van der Waals surface area contributed by atoms with Crippen LogP contribution in [0.4, 0.5) is 0 Å². The van der Waals surface area contributed by atoms with E-state index in [0.29, 0.717) is 19.6 Å². The Labute approximate surface area is 187 Å². The number of likely N-dealkylation sites (tertiary alicyclic amines) is 2. The summed E-state index contributed by atoms with van der Waals surface area (Å²) in [4.78, 5) is 42.2. The third-order valence-electron chi connectivity index (χ3n) is 6.85. The number of nitrogens with zero attached hydrogens (tertiary/aromatic N) is 4. The molecule has 7 heteroatoms. The minimum absolute atomic E-state index is 0.00399. The largest absolute Gasteiger partial charge is 0.342 e. The van der Waals surface area contributed by atoms with Gasteiger partial charge in [-0.1, -0.05) is 17.7 Å². The molecule has 1 N–H and O–H groups in total. The van der Waals surface area contributed by atoms with Gasteiger partial charge in [0.1, 0.15) is 5.82 Å². The van der Waals surface area contributed by atoms with Crippen molar-refractivity contribution in [3.05, 3.63) is 59.7 Å². The Kier molecular flexibility index (Phi) is 5.64. The number of fused-ring (bicyclic) bond motifs is 1. The van der Waals surface area contributed by atoms with Crippen molar-refractivity contribution in [3.63, 3.8) is 0 Å². The van der Waals surface area contributed by atoms with E-state index in [1.54, 1.807) is 12.4 Å². The smallest absolute Gasteiger partial charge is 0.253 e. The molecule has 2 aliphatic heterocycles. The topological polar surface area (TPSA) is 82.2 Å². The van der Waals surface area contributed by atoms with Crippen LogP contribution >= 0.6 is 0 Å². The molecule has 2 aromatic heterocycles. The first-order chi connectivity index (χ1) is 15.6. The average molecular weight is 432 g/mol. The predicted molar refractivity (Wildman–Crippen MR) is 122 cm³/mol. The molecule has 3 aromatic rings. The summed E-state index contributed by atoms with van der Waals surface area (Å²) in [6.07, 6.45) is 7.02. The molecule has 0 aliphatic carbocycles. The monoisotopic (exact) mass is 431 g/mol. The molecule has 2 saturated heterocycles. The summed E-state index contributed by atoms with van der Waals surface area (Å²) in [7, 11) is 0. The maximum Gasteiger partial charge on any atom is 0.253 e. The molecule has 1 atom stereocenters. The molecule has 166 valence electrons. The third-order valence-corrected chi connectivity index (χ3v) is 6.85. The van der Waals surface area contributed by atoms with Gasteiger partial charge >= 0.3 is 0 Å². The van der Waals surface area contributed by atoms with Crippen LogP contribution in [-0.2, 0) is 4.79 Å². The van der Waals surface area contributed by atoms with Crippen LogP contribution in [0.2, 0.25) is 0 Å². The highest BCUT2D eigenvalue weighted by molar-refractivity contribution is 5.94. The van der Waals surface area contributed by atoms with Gasteiger partial charge in [0.15, 0.2) is 0 Å². The lowest BCUT2D eigenvalue weighted by Crippen LogP contribution is -2.47. The molecule has 7 nitrogen and oxygen atoms in total. The second-order valence-electron chi connectivity index (χ2n) is 9.07. The maximum atomic E-state index is 13.3. The summed E-state index contributed by atoms with van der Waals surface area (Å²) >= 11 is 0. The number of piperidine rings is 2. The van der Waals surface area contributed by atoms with Crippen molar-refractivity contribution < 1.29 is 9.59 Å². The molecule has 0 spiro atoms. The van der Waals surface area contributed by atoms with E-state index in [4.69, 9.17) is 4.98 Å². The number of aromatic amines is 1. The van der Waals surface area contributed by atoms with E-state index in [2.05, 4.69) is 9.97 Å². The molecule has 2 aliphatic rings. The van der Waals surface area contributed by atoms with E-state index in [1.807, 2.05) is 47.1 Å². The minimum Gasteiger partial charge on any atom is -0.342 e. The zero-order valence-corrected chi connectivity index (χ0v) is 18.5. The lowest BCUT2D eigenvalue weighted by molar-refractivity contribution is -0.138. The van der Waals surface area contributed by atoms with Crippen molar-refractivity contribution in [1.29, 1.82) is 0 Å². The number of hydrogen-bond donors (Lipinski definition) is 1. The first kappa shape index (κ1) is 20.7. The van der Waals surface area contributed by atoms with E-state index >= 15 is 0 Å². The number of aryl methyl sites for hydroxylation is 1. The number of carbonyl (C=O) groups is 2. The summed E-state index contributed by atoms with van der Waals surface area (Å²) in [6.45, 7) is 4.80. The van der Waals surface area contributed by atoms with Gasteiger partial charge in [0.2, 0.25) is 5.91 Å². The minimum atomic E-state index is -0.00399. The summed E-state index contributed by atoms with van der Waals surface area (Å²) in [5.41, 5.74) is 3.73. The van der Waals surface area contributed by atoms with Crippen LogP contribution in [-0.4, -0.2) is 62.7 Å². The van der Waals surface area contributed by atoms with E-state index in [-0.39, 0.29) is 23.7 Å². The van der Waals surface area contributed by atoms with E-state index in [9.17, 15) is 9.59 Å². The number of imidazole rings is 1. The van der Waals surface area contributed by atoms with Crippen LogP contribution in [0, 0.1) is 12.8 Å². The van der Waals surface area contributed by atoms with Crippen molar-refractivity contribution in [2.45, 2.75) is 38.5 Å². The third kappa shape index (κ3) is 4.11. The van der Waals surface area contributed by atoms with Crippen molar-refractivity contribution in [1.82, 2.24) is 24.8 Å². The number of H-pyrrole nitrogens is 1. The van der Waals surface area contributed by atoms with Gasteiger partial charge in [0.25, 0.3) is 5.91 Å². The normalized spacial score (nSPS) is 20.0. The van der Waals surface area contributed by atoms with Crippen LogP contribution < -0.4 is 0 Å². The Bertz CT molecular complexity index is 1080. The molecule has 1 unspecified atom stereocenters. The van der Waals surface area contributed by atoms with Crippen LogP contribution in [0.15, 0.2) is 42.7 Å². The second kappa shape index (κ2) is 8.73. The molecular formula is C25H29N5O2. The summed E-state index contributed by atoms with van der Waals surface area (Å²) < 4.78 is 0. The van der Waals surface area contributed by atoms with Gasteiger partial charge in [-0.25, -0.2) is 4.98 Å². The second-order valence-corrected chi connectivity index (χ2v) is 9.07. The zero-order valence-electron chi connectivity index (χ0n) is 18.5. The van der Waals surface area contributed by atoms with E-state index in [1.165, 1.54) is 0 Å². The Morgan fingerprint density at radius 3 is 2.53 bits per heavy atom. The Morgan fingerprint density at radius 2 is 1.78 bits per heavy atom. The maximum absolute atomic E-state index is 13.3. The van der Waals surface area contributed by atoms with Gasteiger partial charge in [0, 0.05) is 49.8 Å². The van der Waals surface area contributed by atoms with Gasteiger partial charge in [-0.3, -0.25) is 14.6 Å². The molecule has 1 aromatic carbocycles. The number of pyridine rings is 1. The van der Waals surface area contributed by atoms with Gasteiger partial charge < -0.3 is 14.8 Å². The van der Waals surface area contributed by atoms with Crippen LogP contribution in [0.5, 0.6) is 0 Å². The number of benzene rings is 1. The van der Waals surface area contributed by atoms with Crippen molar-refractivity contribution in [2.24, 2.45) is 5.92 Å². The molecule has 0 radical (unpaired) electrons. The molecule has 5 rings (SSSR count). The molecule has 4 heterocycles. The van der Waals surface area contributed by atoms with Gasteiger partial charge in [0.05, 0.1) is 17.2 Å². The highest BCUT2D eigenvalue weighted by atomic mass is 16.2. The predicted octanol–water partition coefficient (Wildman–Crippen LogP) is 3.52. The Hall–Kier alpha value is -3.22. The number of carbonyl (C=O) groups excluding carboxylic acids is 2. The molecule has 2 fully saturated rings. The Balaban J connectivity index is 1.19. The van der Waals surface area contributed by atoms with Crippen molar-refractivity contribution in [3.8, 4) is 0 Å². The fourth-order valence-electron chi connectivity index (χ4n) is 4.94. The van der Waals surface area contributed by atoms with Crippen LogP contribution in [0.3, 0.4) is 0 Å². The lowest BCUT2D eigenvalue weighted by atomic mass is 9.91. The fourth-order valence-corrected chi connectivity index (χ4v) is 4.94. The number of rotatable bonds is 3. The van der Waals surface area contributed by atoms with Gasteiger partial charge in [-0.05, 0) is 50.8 Å². The van der Waals surface area contributed by atoms with E-state index in [0.717, 1.165) is 60.2 Å². The number of hydrogen-bond acceptors (Lipinski definition) is 4. The number of nitrogens with one attached hydrogen (secondary N) is 1. The molecule has 0 saturated carbocycles. The first-order valence-electron chi connectivity index (χ1n) is 11.5. The molecular weight excluding hydrogens is 402 g/mol. The van der Waals surface area contributed by atoms with Crippen LogP contribution in [0.25, 0.3) is 11.0 Å². The number of amides is 2. The first-order valence-corrected chi connectivity index (χ1v) is 11.5. The lowest BCUT2D eigenvalue weighted by Gasteiger charge is -2.37. The highest BCUT2D eigenvalue weighted by Crippen LogP contribution is 2.29. The number of aromatic nitrogens is 3. The Morgan fingerprint density at radius 1 is 1.00 bits per heavy atom. The standard InChI is InChI=1S/C25H29N5O2/c1-17-4-6-18(7-5-17)24(31)29-13-9-19(10-14-29)25(32)30-12-2-3-20(16-30)23-27-21-8-11-26-15-22(21)28-23/h4-8,11,15,19-20H,2-3,9-10,12-14,16H2,1H3,(H,27,28). The highest BCUT2D eigenvalue weighted by Gasteiger charge is 2.33. The fraction of sp³-hybridized carbons (Fsp3) is 0.440. The van der Waals surface area contributed by atoms with Crippen molar-refractivity contribution in [2.75, 3.05) is 26.2 Å². The quantitative estimate of drug-likeness (QED) is 0.688. The average Bonchev–Trinajstić information content (AvgIpc) is 3.28. The summed E-state index contributed by atoms with van der Waals surface area (Å²) in [5, 5.41) is 0.